The first-order chi connectivity index (χ1) is 12.2. The lowest BCUT2D eigenvalue weighted by atomic mass is 10.0. The van der Waals surface area contributed by atoms with Gasteiger partial charge in [-0.3, -0.25) is 4.57 Å². The van der Waals surface area contributed by atoms with Crippen LogP contribution in [0, 0.1) is 0 Å². The molecule has 0 fully saturated rings. The van der Waals surface area contributed by atoms with Gasteiger partial charge in [0.05, 0.1) is 16.6 Å². The zero-order chi connectivity index (χ0) is 20.6. The number of amides is 1. The van der Waals surface area contributed by atoms with E-state index in [9.17, 15) is 22.8 Å². The molecule has 0 saturated heterocycles. The number of H-pyrrole nitrogens is 1. The first kappa shape index (κ1) is 20.9. The van der Waals surface area contributed by atoms with E-state index in [2.05, 4.69) is 10.3 Å². The number of alkyl halides is 3. The van der Waals surface area contributed by atoms with Crippen LogP contribution in [0.4, 0.5) is 18.0 Å². The number of ether oxygens (including phenoxy) is 1. The van der Waals surface area contributed by atoms with Crippen molar-refractivity contribution in [2.75, 3.05) is 0 Å². The van der Waals surface area contributed by atoms with Crippen molar-refractivity contribution in [2.24, 2.45) is 0 Å². The van der Waals surface area contributed by atoms with E-state index >= 15 is 0 Å². The van der Waals surface area contributed by atoms with Crippen molar-refractivity contribution >= 4 is 17.1 Å². The molecule has 1 heterocycles. The average Bonchev–Trinajstić information content (AvgIpc) is 2.75. The molecular weight excluding hydrogens is 363 g/mol. The number of aromatic amines is 1. The van der Waals surface area contributed by atoms with Crippen LogP contribution < -0.4 is 11.0 Å². The molecule has 2 N–H and O–H groups in total. The van der Waals surface area contributed by atoms with Crippen molar-refractivity contribution in [3.63, 3.8) is 0 Å². The molecule has 0 aliphatic carbocycles. The molecule has 150 valence electrons. The van der Waals surface area contributed by atoms with E-state index in [1.54, 1.807) is 34.6 Å². The van der Waals surface area contributed by atoms with Gasteiger partial charge in [-0.25, -0.2) is 9.59 Å². The number of hydrogen-bond acceptors (Lipinski definition) is 3. The van der Waals surface area contributed by atoms with Gasteiger partial charge >= 0.3 is 18.0 Å². The van der Waals surface area contributed by atoms with Crippen molar-refractivity contribution in [3.8, 4) is 0 Å². The predicted molar refractivity (Wildman–Crippen MR) is 95.6 cm³/mol. The molecule has 1 amide bonds. The summed E-state index contributed by atoms with van der Waals surface area (Å²) in [6, 6.07) is 3.12. The van der Waals surface area contributed by atoms with Gasteiger partial charge < -0.3 is 15.0 Å². The van der Waals surface area contributed by atoms with Crippen LogP contribution in [0.5, 0.6) is 0 Å². The molecule has 2 aromatic rings. The molecule has 0 spiro atoms. The topological polar surface area (TPSA) is 76.1 Å². The molecular formula is C18H24F3N3O3. The Morgan fingerprint density at radius 3 is 2.37 bits per heavy atom. The molecule has 6 nitrogen and oxygen atoms in total. The van der Waals surface area contributed by atoms with Crippen LogP contribution in [0.15, 0.2) is 23.0 Å². The highest BCUT2D eigenvalue weighted by molar-refractivity contribution is 5.76. The van der Waals surface area contributed by atoms with E-state index in [-0.39, 0.29) is 12.1 Å². The Morgan fingerprint density at radius 1 is 1.19 bits per heavy atom. The number of imidazole rings is 1. The van der Waals surface area contributed by atoms with Crippen molar-refractivity contribution in [1.82, 2.24) is 14.9 Å². The highest BCUT2D eigenvalue weighted by Gasteiger charge is 2.31. The number of hydrogen-bond donors (Lipinski definition) is 2. The smallest absolute Gasteiger partial charge is 0.416 e. The van der Waals surface area contributed by atoms with Crippen molar-refractivity contribution in [3.05, 3.63) is 34.2 Å². The van der Waals surface area contributed by atoms with Crippen LogP contribution in [0.2, 0.25) is 0 Å². The fourth-order valence-electron chi connectivity index (χ4n) is 2.60. The lowest BCUT2D eigenvalue weighted by Crippen LogP contribution is -2.46. The maximum absolute atomic E-state index is 12.8. The molecule has 0 atom stereocenters. The van der Waals surface area contributed by atoms with Gasteiger partial charge in [0.25, 0.3) is 0 Å². The number of alkyl carbamates (subject to hydrolysis) is 1. The maximum Gasteiger partial charge on any atom is 0.416 e. The number of aromatic nitrogens is 2. The molecule has 0 saturated carbocycles. The Balaban J connectivity index is 2.15. The second-order valence-corrected chi connectivity index (χ2v) is 8.07. The van der Waals surface area contributed by atoms with Gasteiger partial charge in [0, 0.05) is 12.1 Å². The normalized spacial score (nSPS) is 13.0. The summed E-state index contributed by atoms with van der Waals surface area (Å²) >= 11 is 0. The minimum absolute atomic E-state index is 0.118. The lowest BCUT2D eigenvalue weighted by molar-refractivity contribution is -0.137. The Morgan fingerprint density at radius 2 is 1.81 bits per heavy atom. The molecule has 1 aromatic carbocycles. The SMILES string of the molecule is CC(C)(CCn1c(=O)[nH]c2cc(C(F)(F)F)ccc21)NC(=O)OC(C)(C)C. The summed E-state index contributed by atoms with van der Waals surface area (Å²) in [6.45, 7) is 9.02. The van der Waals surface area contributed by atoms with Gasteiger partial charge in [0.2, 0.25) is 0 Å². The van der Waals surface area contributed by atoms with Crippen molar-refractivity contribution < 1.29 is 22.7 Å². The Bertz CT molecular complexity index is 889. The summed E-state index contributed by atoms with van der Waals surface area (Å²) in [6.07, 6.45) is -4.68. The van der Waals surface area contributed by atoms with Crippen molar-refractivity contribution in [1.29, 1.82) is 0 Å². The fraction of sp³-hybridized carbons (Fsp3) is 0.556. The number of nitrogens with zero attached hydrogens (tertiary/aromatic N) is 1. The number of benzene rings is 1. The average molecular weight is 387 g/mol. The third-order valence-corrected chi connectivity index (χ3v) is 3.90. The molecule has 0 bridgehead atoms. The van der Waals surface area contributed by atoms with Crippen LogP contribution in [0.25, 0.3) is 11.0 Å². The van der Waals surface area contributed by atoms with Gasteiger partial charge in [0.15, 0.2) is 0 Å². The number of fused-ring (bicyclic) bond motifs is 1. The van der Waals surface area contributed by atoms with Gasteiger partial charge in [-0.2, -0.15) is 13.2 Å². The number of nitrogens with one attached hydrogen (secondary N) is 2. The fourth-order valence-corrected chi connectivity index (χ4v) is 2.60. The number of rotatable bonds is 4. The highest BCUT2D eigenvalue weighted by atomic mass is 19.4. The molecule has 9 heteroatoms. The molecule has 0 aliphatic rings. The molecule has 0 unspecified atom stereocenters. The number of carbonyl (C=O) groups excluding carboxylic acids is 1. The van der Waals surface area contributed by atoms with Gasteiger partial charge in [-0.05, 0) is 59.2 Å². The summed E-state index contributed by atoms with van der Waals surface area (Å²) in [5, 5.41) is 2.74. The third kappa shape index (κ3) is 5.51. The van der Waals surface area contributed by atoms with Crippen LogP contribution >= 0.6 is 0 Å². The first-order valence-electron chi connectivity index (χ1n) is 8.49. The molecule has 2 rings (SSSR count). The third-order valence-electron chi connectivity index (χ3n) is 3.90. The van der Waals surface area contributed by atoms with E-state index in [4.69, 9.17) is 4.74 Å². The second kappa shape index (κ2) is 6.94. The molecule has 27 heavy (non-hydrogen) atoms. The summed E-state index contributed by atoms with van der Waals surface area (Å²) in [4.78, 5) is 26.5. The number of halogens is 3. The summed E-state index contributed by atoms with van der Waals surface area (Å²) < 4.78 is 45.0. The Hall–Kier alpha value is -2.45. The van der Waals surface area contributed by atoms with Gasteiger partial charge in [0.1, 0.15) is 5.60 Å². The lowest BCUT2D eigenvalue weighted by Gasteiger charge is -2.28. The van der Waals surface area contributed by atoms with E-state index < -0.39 is 34.7 Å². The quantitative estimate of drug-likeness (QED) is 0.831. The largest absolute Gasteiger partial charge is 0.444 e. The van der Waals surface area contributed by atoms with Gasteiger partial charge in [-0.1, -0.05) is 0 Å². The van der Waals surface area contributed by atoms with Crippen LogP contribution in [-0.4, -0.2) is 26.8 Å². The Kier molecular flexibility index (Phi) is 5.36. The molecule has 0 radical (unpaired) electrons. The summed E-state index contributed by atoms with van der Waals surface area (Å²) in [5.41, 5.74) is -2.15. The monoisotopic (exact) mass is 387 g/mol. The zero-order valence-corrected chi connectivity index (χ0v) is 16.0. The summed E-state index contributed by atoms with van der Waals surface area (Å²) in [5.74, 6) is 0. The maximum atomic E-state index is 12.8. The van der Waals surface area contributed by atoms with E-state index in [0.717, 1.165) is 12.1 Å². The van der Waals surface area contributed by atoms with Crippen LogP contribution in [0.1, 0.15) is 46.6 Å². The molecule has 0 aliphatic heterocycles. The standard InChI is InChI=1S/C18H24F3N3O3/c1-16(2,3)27-15(26)23-17(4,5)8-9-24-13-7-6-11(18(19,20)21)10-12(13)22-14(24)25/h6-7,10H,8-9H2,1-5H3,(H,22,25)(H,23,26). The predicted octanol–water partition coefficient (Wildman–Crippen LogP) is 4.04. The molecule has 1 aromatic heterocycles. The van der Waals surface area contributed by atoms with E-state index in [1.807, 2.05) is 0 Å². The number of carbonyl (C=O) groups is 1. The first-order valence-corrected chi connectivity index (χ1v) is 8.49. The van der Waals surface area contributed by atoms with E-state index in [1.165, 1.54) is 10.6 Å². The zero-order valence-electron chi connectivity index (χ0n) is 16.0. The van der Waals surface area contributed by atoms with Crippen LogP contribution in [0.3, 0.4) is 0 Å². The van der Waals surface area contributed by atoms with E-state index in [0.29, 0.717) is 11.9 Å². The Labute approximate surface area is 154 Å². The minimum Gasteiger partial charge on any atom is -0.444 e. The van der Waals surface area contributed by atoms with Gasteiger partial charge in [-0.15, -0.1) is 0 Å². The number of aryl methyl sites for hydroxylation is 1. The summed E-state index contributed by atoms with van der Waals surface area (Å²) in [7, 11) is 0. The van der Waals surface area contributed by atoms with Crippen molar-refractivity contribution in [2.45, 2.75) is 64.9 Å². The minimum atomic E-state index is -4.48. The van der Waals surface area contributed by atoms with Crippen LogP contribution in [-0.2, 0) is 17.5 Å². The highest BCUT2D eigenvalue weighted by Crippen LogP contribution is 2.30. The second-order valence-electron chi connectivity index (χ2n) is 8.07.